The Morgan fingerprint density at radius 1 is 1.04 bits per heavy atom. The van der Waals surface area contributed by atoms with E-state index in [1.165, 1.54) is 70.7 Å². The SMILES string of the molecule is CCCCCCCCCCCCC(=S)COS(=O)(=O)c1cc(OC)ccn1. The summed E-state index contributed by atoms with van der Waals surface area (Å²) in [6.45, 7) is 2.16. The number of rotatable bonds is 16. The lowest BCUT2D eigenvalue weighted by Gasteiger charge is -2.07. The fourth-order valence-electron chi connectivity index (χ4n) is 2.74. The number of ether oxygens (including phenoxy) is 1. The summed E-state index contributed by atoms with van der Waals surface area (Å²) < 4.78 is 34.3. The smallest absolute Gasteiger partial charge is 0.315 e. The Kier molecular flexibility index (Phi) is 12.5. The van der Waals surface area contributed by atoms with Crippen LogP contribution in [0.5, 0.6) is 5.75 Å². The summed E-state index contributed by atoms with van der Waals surface area (Å²) in [6, 6.07) is 2.91. The molecule has 0 bridgehead atoms. The highest BCUT2D eigenvalue weighted by Gasteiger charge is 2.18. The first-order valence-electron chi connectivity index (χ1n) is 9.90. The normalized spacial score (nSPS) is 11.5. The first-order valence-corrected chi connectivity index (χ1v) is 11.7. The van der Waals surface area contributed by atoms with E-state index in [1.54, 1.807) is 6.07 Å². The second kappa shape index (κ2) is 14.0. The van der Waals surface area contributed by atoms with E-state index >= 15 is 0 Å². The van der Waals surface area contributed by atoms with Gasteiger partial charge in [-0.15, -0.1) is 0 Å². The predicted octanol–water partition coefficient (Wildman–Crippen LogP) is 5.48. The van der Waals surface area contributed by atoms with Crippen molar-refractivity contribution in [2.75, 3.05) is 13.7 Å². The van der Waals surface area contributed by atoms with Gasteiger partial charge in [0.15, 0.2) is 5.03 Å². The Hall–Kier alpha value is -1.05. The summed E-state index contributed by atoms with van der Waals surface area (Å²) in [6.07, 6.45) is 14.7. The average Bonchev–Trinajstić information content (AvgIpc) is 2.68. The minimum absolute atomic E-state index is 0.0754. The van der Waals surface area contributed by atoms with Gasteiger partial charge < -0.3 is 4.74 Å². The molecule has 0 aliphatic rings. The van der Waals surface area contributed by atoms with E-state index < -0.39 is 10.1 Å². The molecule has 0 aliphatic carbocycles. The molecule has 1 aromatic heterocycles. The first kappa shape index (κ1) is 24.0. The molecular weight excluding hydrogens is 382 g/mol. The zero-order valence-electron chi connectivity index (χ0n) is 16.6. The van der Waals surface area contributed by atoms with Crippen LogP contribution in [0, 0.1) is 0 Å². The van der Waals surface area contributed by atoms with Gasteiger partial charge in [0.05, 0.1) is 13.7 Å². The van der Waals surface area contributed by atoms with E-state index in [9.17, 15) is 8.42 Å². The largest absolute Gasteiger partial charge is 0.497 e. The van der Waals surface area contributed by atoms with Crippen molar-refractivity contribution in [2.45, 2.75) is 82.6 Å². The summed E-state index contributed by atoms with van der Waals surface area (Å²) in [5.74, 6) is 0.417. The fourth-order valence-corrected chi connectivity index (χ4v) is 3.89. The minimum Gasteiger partial charge on any atom is -0.497 e. The lowest BCUT2D eigenvalue weighted by molar-refractivity contribution is 0.364. The number of aromatic nitrogens is 1. The van der Waals surface area contributed by atoms with Crippen LogP contribution in [0.15, 0.2) is 23.4 Å². The van der Waals surface area contributed by atoms with E-state index in [0.29, 0.717) is 17.0 Å². The molecule has 1 aromatic rings. The third-order valence-electron chi connectivity index (χ3n) is 4.38. The van der Waals surface area contributed by atoms with Crippen LogP contribution in [0.4, 0.5) is 0 Å². The van der Waals surface area contributed by atoms with E-state index in [4.69, 9.17) is 21.1 Å². The van der Waals surface area contributed by atoms with Gasteiger partial charge in [0.1, 0.15) is 5.75 Å². The maximum atomic E-state index is 12.1. The second-order valence-corrected chi connectivity index (χ2v) is 8.86. The molecule has 0 N–H and O–H groups in total. The van der Waals surface area contributed by atoms with Crippen molar-refractivity contribution < 1.29 is 17.3 Å². The third-order valence-corrected chi connectivity index (χ3v) is 5.87. The van der Waals surface area contributed by atoms with Crippen molar-refractivity contribution in [3.8, 4) is 5.75 Å². The van der Waals surface area contributed by atoms with Crippen LogP contribution in [0.2, 0.25) is 0 Å². The van der Waals surface area contributed by atoms with Crippen molar-refractivity contribution >= 4 is 27.2 Å². The van der Waals surface area contributed by atoms with Crippen molar-refractivity contribution in [1.82, 2.24) is 4.98 Å². The van der Waals surface area contributed by atoms with Crippen LogP contribution >= 0.6 is 12.2 Å². The lowest BCUT2D eigenvalue weighted by Crippen LogP contribution is -2.14. The van der Waals surface area contributed by atoms with Crippen LogP contribution in [0.1, 0.15) is 77.6 Å². The van der Waals surface area contributed by atoms with Crippen LogP contribution in [0.25, 0.3) is 0 Å². The summed E-state index contributed by atoms with van der Waals surface area (Å²) in [4.78, 5) is 4.45. The Morgan fingerprint density at radius 2 is 1.63 bits per heavy atom. The highest BCUT2D eigenvalue weighted by molar-refractivity contribution is 7.86. The molecule has 1 rings (SSSR count). The van der Waals surface area contributed by atoms with Crippen molar-refractivity contribution in [2.24, 2.45) is 0 Å². The zero-order valence-corrected chi connectivity index (χ0v) is 18.2. The van der Waals surface area contributed by atoms with Crippen molar-refractivity contribution in [3.05, 3.63) is 18.3 Å². The molecule has 5 nitrogen and oxygen atoms in total. The molecule has 0 spiro atoms. The maximum absolute atomic E-state index is 12.1. The summed E-state index contributed by atoms with van der Waals surface area (Å²) >= 11 is 5.25. The minimum atomic E-state index is -3.92. The average molecular weight is 416 g/mol. The van der Waals surface area contributed by atoms with Crippen LogP contribution < -0.4 is 4.74 Å². The molecule has 0 aromatic carbocycles. The maximum Gasteiger partial charge on any atom is 0.315 e. The number of thiocarbonyl (C=S) groups is 1. The third kappa shape index (κ3) is 10.8. The Labute approximate surface area is 170 Å². The summed E-state index contributed by atoms with van der Waals surface area (Å²) in [5, 5.41) is -0.163. The molecule has 7 heteroatoms. The van der Waals surface area contributed by atoms with E-state index in [2.05, 4.69) is 11.9 Å². The van der Waals surface area contributed by atoms with Gasteiger partial charge in [-0.05, 0) is 18.9 Å². The standard InChI is InChI=1S/C20H33NO4S2/c1-3-4-5-6-7-8-9-10-11-12-13-19(26)17-25-27(22,23)20-16-18(24-2)14-15-21-20/h14-16H,3-13,17H2,1-2H3. The van der Waals surface area contributed by atoms with E-state index in [-0.39, 0.29) is 11.6 Å². The van der Waals surface area contributed by atoms with Crippen LogP contribution in [-0.4, -0.2) is 32.0 Å². The number of unbranched alkanes of at least 4 members (excludes halogenated alkanes) is 9. The monoisotopic (exact) mass is 415 g/mol. The van der Waals surface area contributed by atoms with Gasteiger partial charge in [0.25, 0.3) is 0 Å². The number of nitrogens with zero attached hydrogens (tertiary/aromatic N) is 1. The molecular formula is C20H33NO4S2. The predicted molar refractivity (Wildman–Crippen MR) is 113 cm³/mol. The van der Waals surface area contributed by atoms with Gasteiger partial charge in [-0.3, -0.25) is 4.18 Å². The fraction of sp³-hybridized carbons (Fsp3) is 0.700. The van der Waals surface area contributed by atoms with Gasteiger partial charge in [-0.2, -0.15) is 8.42 Å². The molecule has 0 saturated carbocycles. The number of methoxy groups -OCH3 is 1. The van der Waals surface area contributed by atoms with E-state index in [0.717, 1.165) is 12.8 Å². The molecule has 0 atom stereocenters. The topological polar surface area (TPSA) is 65.5 Å². The Morgan fingerprint density at radius 3 is 2.22 bits per heavy atom. The van der Waals surface area contributed by atoms with Crippen molar-refractivity contribution in [1.29, 1.82) is 0 Å². The molecule has 0 aliphatic heterocycles. The molecule has 1 heterocycles. The second-order valence-electron chi connectivity index (χ2n) is 6.72. The van der Waals surface area contributed by atoms with Gasteiger partial charge in [0.2, 0.25) is 0 Å². The molecule has 0 radical (unpaired) electrons. The number of hydrogen-bond acceptors (Lipinski definition) is 6. The van der Waals surface area contributed by atoms with E-state index in [1.807, 2.05) is 0 Å². The molecule has 0 amide bonds. The molecule has 0 unspecified atom stereocenters. The van der Waals surface area contributed by atoms with Gasteiger partial charge in [-0.25, -0.2) is 4.98 Å². The number of hydrogen-bond donors (Lipinski definition) is 0. The van der Waals surface area contributed by atoms with Gasteiger partial charge in [-0.1, -0.05) is 76.9 Å². The van der Waals surface area contributed by atoms with Crippen LogP contribution in [0.3, 0.4) is 0 Å². The first-order chi connectivity index (χ1) is 13.0. The Balaban J connectivity index is 2.14. The molecule has 154 valence electrons. The highest BCUT2D eigenvalue weighted by atomic mass is 32.2. The molecule has 27 heavy (non-hydrogen) atoms. The zero-order chi connectivity index (χ0) is 20.0. The van der Waals surface area contributed by atoms with Crippen LogP contribution in [-0.2, 0) is 14.3 Å². The summed E-state index contributed by atoms with van der Waals surface area (Å²) in [5.41, 5.74) is 0. The highest BCUT2D eigenvalue weighted by Crippen LogP contribution is 2.17. The van der Waals surface area contributed by atoms with Crippen molar-refractivity contribution in [3.63, 3.8) is 0 Å². The van der Waals surface area contributed by atoms with Gasteiger partial charge >= 0.3 is 10.1 Å². The molecule has 0 fully saturated rings. The summed E-state index contributed by atoms with van der Waals surface area (Å²) in [7, 11) is -2.45. The Bertz CT molecular complexity index is 647. The molecule has 0 saturated heterocycles. The lowest BCUT2D eigenvalue weighted by atomic mass is 10.1. The quantitative estimate of drug-likeness (QED) is 0.202. The number of pyridine rings is 1. The van der Waals surface area contributed by atoms with Gasteiger partial charge in [0, 0.05) is 17.1 Å².